The topological polar surface area (TPSA) is 103 Å². The molecule has 1 aliphatic heterocycles. The van der Waals surface area contributed by atoms with Crippen LogP contribution in [0.4, 0.5) is 19.1 Å². The van der Waals surface area contributed by atoms with E-state index >= 15 is 0 Å². The summed E-state index contributed by atoms with van der Waals surface area (Å²) in [6, 6.07) is 1.96. The van der Waals surface area contributed by atoms with E-state index in [1.54, 1.807) is 0 Å². The van der Waals surface area contributed by atoms with Gasteiger partial charge in [0.05, 0.1) is 23.1 Å². The summed E-state index contributed by atoms with van der Waals surface area (Å²) in [5.74, 6) is 0.337. The van der Waals surface area contributed by atoms with Gasteiger partial charge in [-0.3, -0.25) is 4.79 Å². The molecule has 0 aliphatic carbocycles. The zero-order valence-corrected chi connectivity index (χ0v) is 15.5. The molecule has 150 valence electrons. The maximum Gasteiger partial charge on any atom is 0.423 e. The third-order valence-corrected chi connectivity index (χ3v) is 5.07. The van der Waals surface area contributed by atoms with E-state index in [2.05, 4.69) is 20.1 Å². The lowest BCUT2D eigenvalue weighted by molar-refractivity contribution is -0.139. The van der Waals surface area contributed by atoms with Crippen molar-refractivity contribution in [1.82, 2.24) is 24.6 Å². The van der Waals surface area contributed by atoms with Crippen LogP contribution in [-0.2, 0) is 6.18 Å². The highest BCUT2D eigenvalue weighted by Crippen LogP contribution is 2.32. The molecule has 4 rings (SSSR count). The molecule has 4 heterocycles. The summed E-state index contributed by atoms with van der Waals surface area (Å²) in [5.41, 5.74) is -2.31. The number of piperidine rings is 1. The predicted molar refractivity (Wildman–Crippen MR) is 96.8 cm³/mol. The van der Waals surface area contributed by atoms with Gasteiger partial charge in [-0.25, -0.2) is 9.97 Å². The van der Waals surface area contributed by atoms with E-state index in [-0.39, 0.29) is 17.1 Å². The highest BCUT2D eigenvalue weighted by atomic mass is 35.5. The fourth-order valence-electron chi connectivity index (χ4n) is 3.45. The molecular weight excluding hydrogens is 411 g/mol. The van der Waals surface area contributed by atoms with Gasteiger partial charge in [0.2, 0.25) is 5.95 Å². The monoisotopic (exact) mass is 423 g/mol. The Morgan fingerprint density at radius 1 is 1.24 bits per heavy atom. The zero-order chi connectivity index (χ0) is 20.8. The van der Waals surface area contributed by atoms with Gasteiger partial charge in [-0.05, 0) is 12.8 Å². The first-order chi connectivity index (χ1) is 13.8. The van der Waals surface area contributed by atoms with Gasteiger partial charge in [0.1, 0.15) is 17.2 Å². The summed E-state index contributed by atoms with van der Waals surface area (Å²) >= 11 is 5.79. The zero-order valence-electron chi connectivity index (χ0n) is 14.7. The van der Waals surface area contributed by atoms with Gasteiger partial charge in [-0.15, -0.1) is 0 Å². The van der Waals surface area contributed by atoms with Crippen LogP contribution < -0.4 is 10.5 Å². The summed E-state index contributed by atoms with van der Waals surface area (Å²) < 4.78 is 39.6. The molecule has 3 aromatic rings. The molecule has 12 heteroatoms. The number of nitrogens with zero attached hydrogens (tertiary/aromatic N) is 6. The largest absolute Gasteiger partial charge is 0.423 e. The third-order valence-electron chi connectivity index (χ3n) is 4.88. The number of rotatable bonds is 2. The number of H-pyrrole nitrogens is 1. The Morgan fingerprint density at radius 2 is 1.90 bits per heavy atom. The maximum absolute atomic E-state index is 13.0. The lowest BCUT2D eigenvalue weighted by Gasteiger charge is -2.31. The molecule has 0 saturated carbocycles. The minimum atomic E-state index is -4.81. The molecule has 0 unspecified atom stereocenters. The molecule has 1 N–H and O–H groups in total. The van der Waals surface area contributed by atoms with E-state index in [9.17, 15) is 23.2 Å². The van der Waals surface area contributed by atoms with Crippen molar-refractivity contribution in [2.45, 2.75) is 24.9 Å². The molecule has 1 fully saturated rings. The van der Waals surface area contributed by atoms with E-state index in [0.717, 1.165) is 0 Å². The summed E-state index contributed by atoms with van der Waals surface area (Å²) in [7, 11) is 0. The van der Waals surface area contributed by atoms with Crippen LogP contribution in [0.3, 0.4) is 0 Å². The number of aromatic nitrogens is 5. The number of halogens is 4. The van der Waals surface area contributed by atoms with Crippen LogP contribution in [0.1, 0.15) is 35.6 Å². The predicted octanol–water partition coefficient (Wildman–Crippen LogP) is 2.74. The number of nitrogens with one attached hydrogen (secondary N) is 1. The van der Waals surface area contributed by atoms with Crippen molar-refractivity contribution in [3.8, 4) is 6.07 Å². The summed E-state index contributed by atoms with van der Waals surface area (Å²) in [4.78, 5) is 24.9. The first-order valence-corrected chi connectivity index (χ1v) is 9.01. The average Bonchev–Trinajstić information content (AvgIpc) is 3.07. The Balaban J connectivity index is 1.65. The van der Waals surface area contributed by atoms with Crippen molar-refractivity contribution in [3.63, 3.8) is 0 Å². The standard InChI is InChI=1S/C17H13ClF3N7O/c18-10-6-24-16(25-7-10)27-3-1-9(2-4-27)13-11(5-22)14-23-8-12(17(19,20)21)15(29)28(14)26-13/h6-9,23H,1-4H2. The molecule has 1 aliphatic rings. The number of hydrogen-bond donors (Lipinski definition) is 1. The minimum absolute atomic E-state index is 0.0380. The first kappa shape index (κ1) is 19.2. The smallest absolute Gasteiger partial charge is 0.345 e. The number of hydrogen-bond acceptors (Lipinski definition) is 6. The fraction of sp³-hybridized carbons (Fsp3) is 0.353. The second-order valence-corrected chi connectivity index (χ2v) is 7.04. The van der Waals surface area contributed by atoms with Crippen LogP contribution in [0.2, 0.25) is 5.02 Å². The van der Waals surface area contributed by atoms with E-state index in [1.807, 2.05) is 11.0 Å². The van der Waals surface area contributed by atoms with Gasteiger partial charge in [-0.2, -0.15) is 28.0 Å². The lowest BCUT2D eigenvalue weighted by Crippen LogP contribution is -2.34. The maximum atomic E-state index is 13.0. The molecule has 0 aromatic carbocycles. The SMILES string of the molecule is N#Cc1c(C2CCN(c3ncc(Cl)cn3)CC2)nn2c(=O)c(C(F)(F)F)c[nH]c12. The molecule has 8 nitrogen and oxygen atoms in total. The first-order valence-electron chi connectivity index (χ1n) is 8.63. The molecule has 0 bridgehead atoms. The van der Waals surface area contributed by atoms with Gasteiger partial charge in [0, 0.05) is 25.2 Å². The fourth-order valence-corrected chi connectivity index (χ4v) is 3.55. The highest BCUT2D eigenvalue weighted by Gasteiger charge is 2.36. The number of alkyl halides is 3. The van der Waals surface area contributed by atoms with Crippen LogP contribution >= 0.6 is 11.6 Å². The van der Waals surface area contributed by atoms with Crippen molar-refractivity contribution in [1.29, 1.82) is 5.26 Å². The third kappa shape index (κ3) is 3.40. The number of anilines is 1. The molecule has 0 radical (unpaired) electrons. The van der Waals surface area contributed by atoms with E-state index in [1.165, 1.54) is 12.4 Å². The quantitative estimate of drug-likeness (QED) is 0.679. The Morgan fingerprint density at radius 3 is 2.48 bits per heavy atom. The summed E-state index contributed by atoms with van der Waals surface area (Å²) in [6.45, 7) is 1.12. The number of fused-ring (bicyclic) bond motifs is 1. The minimum Gasteiger partial charge on any atom is -0.345 e. The van der Waals surface area contributed by atoms with Gasteiger partial charge in [0.25, 0.3) is 5.56 Å². The second-order valence-electron chi connectivity index (χ2n) is 6.60. The van der Waals surface area contributed by atoms with Crippen LogP contribution in [-0.4, -0.2) is 37.7 Å². The van der Waals surface area contributed by atoms with Crippen molar-refractivity contribution < 1.29 is 13.2 Å². The molecule has 0 spiro atoms. The summed E-state index contributed by atoms with van der Waals surface area (Å²) in [6.07, 6.45) is -0.101. The Kier molecular flexibility index (Phi) is 4.66. The second kappa shape index (κ2) is 7.04. The highest BCUT2D eigenvalue weighted by molar-refractivity contribution is 6.30. The molecule has 0 atom stereocenters. The Labute approximate surface area is 166 Å². The normalized spacial score (nSPS) is 15.6. The molecule has 0 amide bonds. The van der Waals surface area contributed by atoms with Crippen molar-refractivity contribution in [2.75, 3.05) is 18.0 Å². The summed E-state index contributed by atoms with van der Waals surface area (Å²) in [5, 5.41) is 14.0. The number of nitriles is 1. The van der Waals surface area contributed by atoms with Gasteiger partial charge in [0.15, 0.2) is 5.65 Å². The van der Waals surface area contributed by atoms with Crippen LogP contribution in [0.5, 0.6) is 0 Å². The van der Waals surface area contributed by atoms with Crippen LogP contribution in [0, 0.1) is 11.3 Å². The van der Waals surface area contributed by atoms with Crippen LogP contribution in [0.15, 0.2) is 23.4 Å². The molecule has 29 heavy (non-hydrogen) atoms. The lowest BCUT2D eigenvalue weighted by atomic mass is 9.91. The molecule has 1 saturated heterocycles. The van der Waals surface area contributed by atoms with E-state index in [0.29, 0.717) is 53.3 Å². The number of aromatic amines is 1. The van der Waals surface area contributed by atoms with Crippen molar-refractivity contribution >= 4 is 23.2 Å². The molecule has 3 aromatic heterocycles. The Hall–Kier alpha value is -3.13. The van der Waals surface area contributed by atoms with Crippen molar-refractivity contribution in [3.05, 3.63) is 50.8 Å². The average molecular weight is 424 g/mol. The van der Waals surface area contributed by atoms with Gasteiger partial charge < -0.3 is 9.88 Å². The molecular formula is C17H13ClF3N7O. The van der Waals surface area contributed by atoms with Crippen LogP contribution in [0.25, 0.3) is 5.65 Å². The van der Waals surface area contributed by atoms with Gasteiger partial charge >= 0.3 is 6.18 Å². The van der Waals surface area contributed by atoms with Gasteiger partial charge in [-0.1, -0.05) is 11.6 Å². The van der Waals surface area contributed by atoms with E-state index < -0.39 is 17.3 Å². The Bertz CT molecular complexity index is 1160. The van der Waals surface area contributed by atoms with Crippen molar-refractivity contribution in [2.24, 2.45) is 0 Å². The van der Waals surface area contributed by atoms with E-state index in [4.69, 9.17) is 11.6 Å².